The molecule has 0 saturated carbocycles. The van der Waals surface area contributed by atoms with Crippen LogP contribution in [-0.4, -0.2) is 19.2 Å². The Morgan fingerprint density at radius 1 is 0.905 bits per heavy atom. The van der Waals surface area contributed by atoms with E-state index in [0.717, 1.165) is 16.5 Å². The van der Waals surface area contributed by atoms with Crippen LogP contribution >= 0.6 is 0 Å². The van der Waals surface area contributed by atoms with Gasteiger partial charge in [-0.1, -0.05) is 30.3 Å². The minimum atomic E-state index is -0.124. The zero-order valence-corrected chi connectivity index (χ0v) is 11.8. The lowest BCUT2D eigenvalue weighted by Crippen LogP contribution is -2.08. The number of hydrogen-bond acceptors (Lipinski definition) is 3. The number of pyridine rings is 1. The van der Waals surface area contributed by atoms with Crippen LogP contribution in [-0.2, 0) is 0 Å². The molecule has 3 rings (SSSR count). The van der Waals surface area contributed by atoms with E-state index in [0.29, 0.717) is 17.1 Å². The van der Waals surface area contributed by atoms with Crippen LogP contribution < -0.4 is 15.0 Å². The van der Waals surface area contributed by atoms with Crippen molar-refractivity contribution < 1.29 is 9.47 Å². The Hall–Kier alpha value is -2.75. The standard InChI is InChI=1S/C17H15NO3/c1-20-15-9-12-8-13(11-6-4-3-5-7-11)17(19)18-14(12)10-16(15)21-2/h3-10H,1-2H3,(H,18,19). The number of hydrogen-bond donors (Lipinski definition) is 1. The molecule has 3 aromatic rings. The number of aromatic nitrogens is 1. The molecule has 0 amide bonds. The fourth-order valence-corrected chi connectivity index (χ4v) is 2.37. The third-order valence-electron chi connectivity index (χ3n) is 3.43. The van der Waals surface area contributed by atoms with E-state index in [1.807, 2.05) is 42.5 Å². The molecule has 0 aliphatic carbocycles. The van der Waals surface area contributed by atoms with E-state index >= 15 is 0 Å². The summed E-state index contributed by atoms with van der Waals surface area (Å²) in [5.41, 5.74) is 2.11. The zero-order chi connectivity index (χ0) is 14.8. The summed E-state index contributed by atoms with van der Waals surface area (Å²) >= 11 is 0. The van der Waals surface area contributed by atoms with Crippen molar-refractivity contribution in [1.29, 1.82) is 0 Å². The Labute approximate surface area is 122 Å². The van der Waals surface area contributed by atoms with Gasteiger partial charge in [-0.3, -0.25) is 4.79 Å². The molecule has 0 spiro atoms. The molecule has 106 valence electrons. The monoisotopic (exact) mass is 281 g/mol. The third-order valence-corrected chi connectivity index (χ3v) is 3.43. The number of rotatable bonds is 3. The summed E-state index contributed by atoms with van der Waals surface area (Å²) in [4.78, 5) is 15.2. The fourth-order valence-electron chi connectivity index (χ4n) is 2.37. The molecule has 1 N–H and O–H groups in total. The number of methoxy groups -OCH3 is 2. The van der Waals surface area contributed by atoms with Gasteiger partial charge in [-0.25, -0.2) is 0 Å². The summed E-state index contributed by atoms with van der Waals surface area (Å²) in [6.45, 7) is 0. The second kappa shape index (κ2) is 5.32. The number of nitrogens with one attached hydrogen (secondary N) is 1. The van der Waals surface area contributed by atoms with Gasteiger partial charge >= 0.3 is 0 Å². The number of fused-ring (bicyclic) bond motifs is 1. The molecule has 4 nitrogen and oxygen atoms in total. The van der Waals surface area contributed by atoms with Crippen molar-refractivity contribution in [3.8, 4) is 22.6 Å². The first-order valence-electron chi connectivity index (χ1n) is 6.57. The molecular weight excluding hydrogens is 266 g/mol. The van der Waals surface area contributed by atoms with Crippen molar-refractivity contribution in [3.63, 3.8) is 0 Å². The van der Waals surface area contributed by atoms with Crippen molar-refractivity contribution in [2.24, 2.45) is 0 Å². The topological polar surface area (TPSA) is 51.3 Å². The van der Waals surface area contributed by atoms with Crippen LogP contribution in [0.1, 0.15) is 0 Å². The molecule has 0 atom stereocenters. The highest BCUT2D eigenvalue weighted by Crippen LogP contribution is 2.32. The van der Waals surface area contributed by atoms with Gasteiger partial charge in [0, 0.05) is 17.0 Å². The highest BCUT2D eigenvalue weighted by molar-refractivity contribution is 5.86. The van der Waals surface area contributed by atoms with Crippen LogP contribution in [0.2, 0.25) is 0 Å². The second-order valence-electron chi connectivity index (χ2n) is 4.67. The number of benzene rings is 2. The van der Waals surface area contributed by atoms with Crippen molar-refractivity contribution in [1.82, 2.24) is 4.98 Å². The van der Waals surface area contributed by atoms with Gasteiger partial charge in [0.2, 0.25) is 0 Å². The molecule has 1 aromatic heterocycles. The Bertz CT molecular complexity index is 838. The van der Waals surface area contributed by atoms with Gasteiger partial charge in [-0.2, -0.15) is 0 Å². The van der Waals surface area contributed by atoms with Gasteiger partial charge in [-0.15, -0.1) is 0 Å². The molecule has 0 saturated heterocycles. The van der Waals surface area contributed by atoms with E-state index in [4.69, 9.17) is 9.47 Å². The SMILES string of the molecule is COc1cc2cc(-c3ccccc3)c(=O)[nH]c2cc1OC. The molecule has 21 heavy (non-hydrogen) atoms. The maximum atomic E-state index is 12.3. The van der Waals surface area contributed by atoms with Crippen LogP contribution in [0.3, 0.4) is 0 Å². The Kier molecular flexibility index (Phi) is 3.36. The maximum absolute atomic E-state index is 12.3. The lowest BCUT2D eigenvalue weighted by atomic mass is 10.0. The van der Waals surface area contributed by atoms with E-state index in [1.54, 1.807) is 20.3 Å². The van der Waals surface area contributed by atoms with Gasteiger partial charge in [0.15, 0.2) is 11.5 Å². The summed E-state index contributed by atoms with van der Waals surface area (Å²) in [5.74, 6) is 1.23. The molecule has 0 radical (unpaired) electrons. The van der Waals surface area contributed by atoms with Gasteiger partial charge in [0.25, 0.3) is 5.56 Å². The summed E-state index contributed by atoms with van der Waals surface area (Å²) < 4.78 is 10.6. The number of H-pyrrole nitrogens is 1. The number of aromatic amines is 1. The predicted octanol–water partition coefficient (Wildman–Crippen LogP) is 3.21. The number of ether oxygens (including phenoxy) is 2. The fraction of sp³-hybridized carbons (Fsp3) is 0.118. The minimum Gasteiger partial charge on any atom is -0.493 e. The minimum absolute atomic E-state index is 0.124. The van der Waals surface area contributed by atoms with Crippen molar-refractivity contribution in [3.05, 3.63) is 58.9 Å². The highest BCUT2D eigenvalue weighted by Gasteiger charge is 2.10. The van der Waals surface area contributed by atoms with E-state index < -0.39 is 0 Å². The quantitative estimate of drug-likeness (QED) is 0.802. The first-order valence-corrected chi connectivity index (χ1v) is 6.57. The van der Waals surface area contributed by atoms with Crippen molar-refractivity contribution in [2.45, 2.75) is 0 Å². The summed E-state index contributed by atoms with van der Waals surface area (Å²) in [5, 5.41) is 0.895. The van der Waals surface area contributed by atoms with E-state index in [9.17, 15) is 4.79 Å². The Morgan fingerprint density at radius 3 is 2.24 bits per heavy atom. The first-order chi connectivity index (χ1) is 10.2. The van der Waals surface area contributed by atoms with Gasteiger partial charge < -0.3 is 14.5 Å². The lowest BCUT2D eigenvalue weighted by Gasteiger charge is -2.10. The maximum Gasteiger partial charge on any atom is 0.256 e. The zero-order valence-electron chi connectivity index (χ0n) is 11.8. The van der Waals surface area contributed by atoms with Gasteiger partial charge in [0.1, 0.15) is 0 Å². The Balaban J connectivity index is 2.26. The molecule has 0 aliphatic rings. The molecule has 2 aromatic carbocycles. The van der Waals surface area contributed by atoms with Crippen LogP contribution in [0.5, 0.6) is 11.5 Å². The van der Waals surface area contributed by atoms with Crippen LogP contribution in [0.15, 0.2) is 53.3 Å². The van der Waals surface area contributed by atoms with Crippen LogP contribution in [0.4, 0.5) is 0 Å². The largest absolute Gasteiger partial charge is 0.493 e. The normalized spacial score (nSPS) is 10.6. The van der Waals surface area contributed by atoms with Crippen LogP contribution in [0, 0.1) is 0 Å². The van der Waals surface area contributed by atoms with Gasteiger partial charge in [0.05, 0.1) is 19.7 Å². The first kappa shape index (κ1) is 13.2. The summed E-state index contributed by atoms with van der Waals surface area (Å²) in [6.07, 6.45) is 0. The summed E-state index contributed by atoms with van der Waals surface area (Å²) in [7, 11) is 3.16. The van der Waals surface area contributed by atoms with Crippen LogP contribution in [0.25, 0.3) is 22.0 Å². The second-order valence-corrected chi connectivity index (χ2v) is 4.67. The third kappa shape index (κ3) is 2.36. The molecule has 0 fully saturated rings. The van der Waals surface area contributed by atoms with E-state index in [2.05, 4.69) is 4.98 Å². The highest BCUT2D eigenvalue weighted by atomic mass is 16.5. The van der Waals surface area contributed by atoms with Crippen molar-refractivity contribution >= 4 is 10.9 Å². The lowest BCUT2D eigenvalue weighted by molar-refractivity contribution is 0.356. The predicted molar refractivity (Wildman–Crippen MR) is 83.1 cm³/mol. The van der Waals surface area contributed by atoms with E-state index in [-0.39, 0.29) is 5.56 Å². The van der Waals surface area contributed by atoms with Crippen molar-refractivity contribution in [2.75, 3.05) is 14.2 Å². The smallest absolute Gasteiger partial charge is 0.256 e. The molecule has 0 unspecified atom stereocenters. The average molecular weight is 281 g/mol. The molecule has 0 aliphatic heterocycles. The molecule has 0 bridgehead atoms. The summed E-state index contributed by atoms with van der Waals surface area (Å²) in [6, 6.07) is 15.1. The average Bonchev–Trinajstić information content (AvgIpc) is 2.53. The molecule has 1 heterocycles. The molecular formula is C17H15NO3. The van der Waals surface area contributed by atoms with Gasteiger partial charge in [-0.05, 0) is 17.7 Å². The molecule has 4 heteroatoms. The Morgan fingerprint density at radius 2 is 1.57 bits per heavy atom. The van der Waals surface area contributed by atoms with E-state index in [1.165, 1.54) is 0 Å².